The maximum absolute atomic E-state index is 9.60. The van der Waals surface area contributed by atoms with E-state index >= 15 is 0 Å². The van der Waals surface area contributed by atoms with E-state index in [9.17, 15) is 5.11 Å². The van der Waals surface area contributed by atoms with Crippen LogP contribution in [0.3, 0.4) is 0 Å². The molecular formula is C10H14O. The van der Waals surface area contributed by atoms with Crippen LogP contribution in [-0.2, 0) is 0 Å². The minimum Gasteiger partial charge on any atom is -0.388 e. The second-order valence-corrected chi connectivity index (χ2v) is 3.10. The van der Waals surface area contributed by atoms with Gasteiger partial charge in [0.15, 0.2) is 0 Å². The molecule has 0 saturated heterocycles. The molecule has 1 nitrogen and oxygen atoms in total. The van der Waals surface area contributed by atoms with Crippen LogP contribution in [0.15, 0.2) is 30.3 Å². The average Bonchev–Trinajstić information content (AvgIpc) is 2.05. The number of aliphatic hydroxyl groups is 1. The van der Waals surface area contributed by atoms with E-state index in [0.717, 1.165) is 5.56 Å². The fourth-order valence-electron chi connectivity index (χ4n) is 1.04. The van der Waals surface area contributed by atoms with E-state index in [-0.39, 0.29) is 12.0 Å². The molecule has 60 valence electrons. The predicted octanol–water partition coefficient (Wildman–Crippen LogP) is 2.38. The van der Waals surface area contributed by atoms with Crippen molar-refractivity contribution < 1.29 is 5.11 Å². The molecule has 1 aromatic rings. The van der Waals surface area contributed by atoms with E-state index in [1.54, 1.807) is 0 Å². The van der Waals surface area contributed by atoms with Gasteiger partial charge in [-0.3, -0.25) is 0 Å². The Labute approximate surface area is 67.7 Å². The molecule has 0 saturated carbocycles. The van der Waals surface area contributed by atoms with Gasteiger partial charge in [0, 0.05) is 0 Å². The molecule has 1 rings (SSSR count). The zero-order valence-corrected chi connectivity index (χ0v) is 6.99. The Kier molecular flexibility index (Phi) is 2.66. The van der Waals surface area contributed by atoms with Gasteiger partial charge in [-0.1, -0.05) is 44.2 Å². The van der Waals surface area contributed by atoms with Crippen molar-refractivity contribution >= 4 is 0 Å². The van der Waals surface area contributed by atoms with E-state index < -0.39 is 0 Å². The summed E-state index contributed by atoms with van der Waals surface area (Å²) in [5.74, 6) is 0.289. The summed E-state index contributed by atoms with van der Waals surface area (Å²) in [7, 11) is 0. The first-order valence-electron chi connectivity index (χ1n) is 3.95. The van der Waals surface area contributed by atoms with Gasteiger partial charge in [-0.15, -0.1) is 0 Å². The summed E-state index contributed by atoms with van der Waals surface area (Å²) in [5.41, 5.74) is 1.00. The van der Waals surface area contributed by atoms with Gasteiger partial charge >= 0.3 is 0 Å². The highest BCUT2D eigenvalue weighted by molar-refractivity contribution is 5.17. The third kappa shape index (κ3) is 2.05. The fourth-order valence-corrected chi connectivity index (χ4v) is 1.04. The van der Waals surface area contributed by atoms with Gasteiger partial charge in [0.1, 0.15) is 0 Å². The van der Waals surface area contributed by atoms with Crippen molar-refractivity contribution in [3.8, 4) is 0 Å². The van der Waals surface area contributed by atoms with Gasteiger partial charge in [-0.25, -0.2) is 0 Å². The molecule has 0 fully saturated rings. The molecule has 1 atom stereocenters. The SMILES string of the molecule is CC(C)[C@H](O)c1ccccc1. The first-order valence-corrected chi connectivity index (χ1v) is 3.95. The number of hydrogen-bond acceptors (Lipinski definition) is 1. The summed E-state index contributed by atoms with van der Waals surface area (Å²) in [6, 6.07) is 9.74. The highest BCUT2D eigenvalue weighted by atomic mass is 16.3. The van der Waals surface area contributed by atoms with Gasteiger partial charge in [0.25, 0.3) is 0 Å². The number of aliphatic hydroxyl groups excluding tert-OH is 1. The van der Waals surface area contributed by atoms with Crippen molar-refractivity contribution in [3.05, 3.63) is 35.9 Å². The molecular weight excluding hydrogens is 136 g/mol. The Balaban J connectivity index is 2.77. The predicted molar refractivity (Wildman–Crippen MR) is 46.2 cm³/mol. The number of benzene rings is 1. The lowest BCUT2D eigenvalue weighted by Gasteiger charge is -2.13. The van der Waals surface area contributed by atoms with E-state index in [0.29, 0.717) is 0 Å². The summed E-state index contributed by atoms with van der Waals surface area (Å²) >= 11 is 0. The van der Waals surface area contributed by atoms with Gasteiger partial charge in [-0.05, 0) is 11.5 Å². The molecule has 0 aliphatic carbocycles. The molecule has 0 heterocycles. The molecule has 11 heavy (non-hydrogen) atoms. The van der Waals surface area contributed by atoms with Crippen molar-refractivity contribution in [1.29, 1.82) is 0 Å². The smallest absolute Gasteiger partial charge is 0.0812 e. The molecule has 1 aromatic carbocycles. The van der Waals surface area contributed by atoms with Crippen LogP contribution < -0.4 is 0 Å². The first kappa shape index (κ1) is 8.28. The fraction of sp³-hybridized carbons (Fsp3) is 0.400. The normalized spacial score (nSPS) is 13.5. The molecule has 1 heteroatoms. The molecule has 1 N–H and O–H groups in total. The summed E-state index contributed by atoms with van der Waals surface area (Å²) in [5, 5.41) is 9.60. The van der Waals surface area contributed by atoms with Crippen LogP contribution >= 0.6 is 0 Å². The van der Waals surface area contributed by atoms with Crippen molar-refractivity contribution in [2.24, 2.45) is 5.92 Å². The Morgan fingerprint density at radius 1 is 1.09 bits per heavy atom. The molecule has 0 aromatic heterocycles. The highest BCUT2D eigenvalue weighted by Gasteiger charge is 2.09. The topological polar surface area (TPSA) is 20.2 Å². The zero-order chi connectivity index (χ0) is 8.27. The van der Waals surface area contributed by atoms with E-state index in [1.165, 1.54) is 0 Å². The molecule has 0 amide bonds. The first-order chi connectivity index (χ1) is 5.22. The summed E-state index contributed by atoms with van der Waals surface area (Å²) < 4.78 is 0. The monoisotopic (exact) mass is 150 g/mol. The maximum Gasteiger partial charge on any atom is 0.0812 e. The van der Waals surface area contributed by atoms with Crippen LogP contribution in [0.5, 0.6) is 0 Å². The molecule has 0 radical (unpaired) electrons. The van der Waals surface area contributed by atoms with Gasteiger partial charge in [0.05, 0.1) is 6.10 Å². The van der Waals surface area contributed by atoms with Gasteiger partial charge in [0.2, 0.25) is 0 Å². The minimum absolute atomic E-state index is 0.289. The van der Waals surface area contributed by atoms with Crippen LogP contribution in [0.25, 0.3) is 0 Å². The Morgan fingerprint density at radius 3 is 2.09 bits per heavy atom. The Bertz CT molecular complexity index is 203. The molecule has 0 spiro atoms. The Hall–Kier alpha value is -0.820. The number of hydrogen-bond donors (Lipinski definition) is 1. The van der Waals surface area contributed by atoms with Crippen molar-refractivity contribution in [2.45, 2.75) is 20.0 Å². The maximum atomic E-state index is 9.60. The summed E-state index contributed by atoms with van der Waals surface area (Å²) in [6.45, 7) is 4.02. The lowest BCUT2D eigenvalue weighted by molar-refractivity contribution is 0.127. The number of rotatable bonds is 2. The van der Waals surface area contributed by atoms with E-state index in [4.69, 9.17) is 0 Å². The van der Waals surface area contributed by atoms with Crippen LogP contribution in [0.1, 0.15) is 25.5 Å². The lowest BCUT2D eigenvalue weighted by Crippen LogP contribution is -2.04. The van der Waals surface area contributed by atoms with Gasteiger partial charge < -0.3 is 5.11 Å². The van der Waals surface area contributed by atoms with Crippen molar-refractivity contribution in [3.63, 3.8) is 0 Å². The minimum atomic E-state index is -0.323. The molecule has 0 bridgehead atoms. The molecule has 0 unspecified atom stereocenters. The van der Waals surface area contributed by atoms with E-state index in [2.05, 4.69) is 0 Å². The summed E-state index contributed by atoms with van der Waals surface area (Å²) in [4.78, 5) is 0. The summed E-state index contributed by atoms with van der Waals surface area (Å²) in [6.07, 6.45) is -0.323. The zero-order valence-electron chi connectivity index (χ0n) is 6.99. The highest BCUT2D eigenvalue weighted by Crippen LogP contribution is 2.19. The van der Waals surface area contributed by atoms with Crippen LogP contribution in [0.2, 0.25) is 0 Å². The molecule has 0 aliphatic rings. The van der Waals surface area contributed by atoms with E-state index in [1.807, 2.05) is 44.2 Å². The second kappa shape index (κ2) is 3.54. The van der Waals surface area contributed by atoms with Crippen LogP contribution in [-0.4, -0.2) is 5.11 Å². The van der Waals surface area contributed by atoms with Gasteiger partial charge in [-0.2, -0.15) is 0 Å². The standard InChI is InChI=1S/C10H14O/c1-8(2)10(11)9-6-4-3-5-7-9/h3-8,10-11H,1-2H3/t10-/m0/s1. The quantitative estimate of drug-likeness (QED) is 0.686. The Morgan fingerprint density at radius 2 is 1.64 bits per heavy atom. The largest absolute Gasteiger partial charge is 0.388 e. The van der Waals surface area contributed by atoms with Crippen molar-refractivity contribution in [2.75, 3.05) is 0 Å². The third-order valence-corrected chi connectivity index (χ3v) is 1.77. The lowest BCUT2D eigenvalue weighted by atomic mass is 10.00. The third-order valence-electron chi connectivity index (χ3n) is 1.77. The van der Waals surface area contributed by atoms with Crippen LogP contribution in [0.4, 0.5) is 0 Å². The van der Waals surface area contributed by atoms with Crippen molar-refractivity contribution in [1.82, 2.24) is 0 Å². The second-order valence-electron chi connectivity index (χ2n) is 3.10. The average molecular weight is 150 g/mol. The van der Waals surface area contributed by atoms with Crippen LogP contribution in [0, 0.1) is 5.92 Å². The molecule has 0 aliphatic heterocycles.